The third kappa shape index (κ3) is 2.06. The number of anilines is 1. The van der Waals surface area contributed by atoms with Gasteiger partial charge in [-0.05, 0) is 6.07 Å². The quantitative estimate of drug-likeness (QED) is 0.835. The number of alkyl halides is 3. The fourth-order valence-electron chi connectivity index (χ4n) is 1.36. The van der Waals surface area contributed by atoms with Gasteiger partial charge in [-0.3, -0.25) is 14.5 Å². The first-order valence-corrected chi connectivity index (χ1v) is 4.97. The maximum Gasteiger partial charge on any atom is 0.417 e. The van der Waals surface area contributed by atoms with Crippen LogP contribution < -0.4 is 11.3 Å². The van der Waals surface area contributed by atoms with E-state index in [0.29, 0.717) is 16.8 Å². The average Bonchev–Trinajstić information content (AvgIpc) is 2.67. The SMILES string of the molecule is Nc1[nH]ncc1-n1cc(C(F)(F)F)cc(Cl)c1=O. The molecular formula is C9H6ClF3N4O. The normalized spacial score (nSPS) is 11.8. The second-order valence-corrected chi connectivity index (χ2v) is 3.83. The van der Waals surface area contributed by atoms with Crippen LogP contribution in [0, 0.1) is 0 Å². The molecule has 0 spiro atoms. The molecule has 2 rings (SSSR count). The number of halogens is 4. The fraction of sp³-hybridized carbons (Fsp3) is 0.111. The van der Waals surface area contributed by atoms with Crippen molar-refractivity contribution < 1.29 is 13.2 Å². The molecule has 3 N–H and O–H groups in total. The number of aromatic amines is 1. The second-order valence-electron chi connectivity index (χ2n) is 3.42. The van der Waals surface area contributed by atoms with Crippen LogP contribution in [0.5, 0.6) is 0 Å². The molecule has 0 saturated heterocycles. The number of aromatic nitrogens is 3. The van der Waals surface area contributed by atoms with E-state index in [-0.39, 0.29) is 11.5 Å². The van der Waals surface area contributed by atoms with E-state index in [2.05, 4.69) is 10.2 Å². The zero-order valence-corrected chi connectivity index (χ0v) is 9.38. The average molecular weight is 279 g/mol. The van der Waals surface area contributed by atoms with Crippen LogP contribution in [-0.2, 0) is 6.18 Å². The first kappa shape index (κ1) is 12.5. The summed E-state index contributed by atoms with van der Waals surface area (Å²) in [4.78, 5) is 11.7. The van der Waals surface area contributed by atoms with E-state index in [1.54, 1.807) is 0 Å². The lowest BCUT2D eigenvalue weighted by molar-refractivity contribution is -0.138. The maximum absolute atomic E-state index is 12.6. The molecule has 0 fully saturated rings. The Morgan fingerprint density at radius 1 is 1.44 bits per heavy atom. The van der Waals surface area contributed by atoms with Crippen LogP contribution in [0.15, 0.2) is 23.3 Å². The Morgan fingerprint density at radius 2 is 2.11 bits per heavy atom. The van der Waals surface area contributed by atoms with Crippen LogP contribution in [0.3, 0.4) is 0 Å². The van der Waals surface area contributed by atoms with Crippen molar-refractivity contribution in [1.29, 1.82) is 0 Å². The lowest BCUT2D eigenvalue weighted by Gasteiger charge is -2.10. The molecule has 0 amide bonds. The Morgan fingerprint density at radius 3 is 2.61 bits per heavy atom. The molecule has 5 nitrogen and oxygen atoms in total. The van der Waals surface area contributed by atoms with E-state index in [9.17, 15) is 18.0 Å². The fourth-order valence-corrected chi connectivity index (χ4v) is 1.57. The summed E-state index contributed by atoms with van der Waals surface area (Å²) in [5, 5.41) is 5.29. The highest BCUT2D eigenvalue weighted by Crippen LogP contribution is 2.30. The smallest absolute Gasteiger partial charge is 0.382 e. The van der Waals surface area contributed by atoms with Gasteiger partial charge in [0, 0.05) is 6.20 Å². The number of H-pyrrole nitrogens is 1. The van der Waals surface area contributed by atoms with E-state index in [1.165, 1.54) is 0 Å². The second kappa shape index (κ2) is 4.05. The molecule has 0 aliphatic rings. The Hall–Kier alpha value is -1.96. The minimum absolute atomic E-state index is 0.00741. The standard InChI is InChI=1S/C9H6ClF3N4O/c10-5-1-4(9(11,12)13)3-17(8(5)18)6-2-15-16-7(6)14/h1-3H,(H3,14,15,16). The molecule has 18 heavy (non-hydrogen) atoms. The van der Waals surface area contributed by atoms with Gasteiger partial charge in [-0.15, -0.1) is 0 Å². The summed E-state index contributed by atoms with van der Waals surface area (Å²) < 4.78 is 38.5. The molecule has 0 radical (unpaired) electrons. The van der Waals surface area contributed by atoms with Gasteiger partial charge in [0.1, 0.15) is 16.5 Å². The van der Waals surface area contributed by atoms with Crippen molar-refractivity contribution in [2.24, 2.45) is 0 Å². The molecule has 0 atom stereocenters. The predicted octanol–water partition coefficient (Wildman–Crippen LogP) is 1.81. The molecule has 0 unspecified atom stereocenters. The van der Waals surface area contributed by atoms with E-state index < -0.39 is 22.3 Å². The van der Waals surface area contributed by atoms with Gasteiger partial charge in [0.25, 0.3) is 5.56 Å². The van der Waals surface area contributed by atoms with Crippen LogP contribution in [0.4, 0.5) is 19.0 Å². The molecule has 2 aromatic heterocycles. The van der Waals surface area contributed by atoms with E-state index in [4.69, 9.17) is 17.3 Å². The maximum atomic E-state index is 12.6. The molecule has 0 aromatic carbocycles. The molecule has 9 heteroatoms. The number of hydrogen-bond donors (Lipinski definition) is 2. The van der Waals surface area contributed by atoms with Gasteiger partial charge in [-0.25, -0.2) is 0 Å². The van der Waals surface area contributed by atoms with Gasteiger partial charge in [0.15, 0.2) is 0 Å². The number of nitrogens with one attached hydrogen (secondary N) is 1. The lowest BCUT2D eigenvalue weighted by Crippen LogP contribution is -2.21. The Balaban J connectivity index is 2.72. The first-order valence-electron chi connectivity index (χ1n) is 4.59. The summed E-state index contributed by atoms with van der Waals surface area (Å²) in [7, 11) is 0. The van der Waals surface area contributed by atoms with Crippen molar-refractivity contribution in [3.63, 3.8) is 0 Å². The van der Waals surface area contributed by atoms with Gasteiger partial charge in [0.05, 0.1) is 11.8 Å². The highest BCUT2D eigenvalue weighted by atomic mass is 35.5. The molecule has 0 saturated carbocycles. The van der Waals surface area contributed by atoms with E-state index in [0.717, 1.165) is 6.20 Å². The van der Waals surface area contributed by atoms with Gasteiger partial charge in [-0.1, -0.05) is 11.6 Å². The van der Waals surface area contributed by atoms with Crippen LogP contribution in [0.25, 0.3) is 5.69 Å². The number of pyridine rings is 1. The lowest BCUT2D eigenvalue weighted by atomic mass is 10.2. The molecule has 2 heterocycles. The summed E-state index contributed by atoms with van der Waals surface area (Å²) in [5.41, 5.74) is 3.60. The monoisotopic (exact) mass is 278 g/mol. The Labute approximate surface area is 103 Å². The summed E-state index contributed by atoms with van der Waals surface area (Å²) in [5.74, 6) is -0.0347. The van der Waals surface area contributed by atoms with Crippen molar-refractivity contribution >= 4 is 17.4 Å². The van der Waals surface area contributed by atoms with E-state index >= 15 is 0 Å². The summed E-state index contributed by atoms with van der Waals surface area (Å²) >= 11 is 5.49. The van der Waals surface area contributed by atoms with Crippen LogP contribution in [-0.4, -0.2) is 14.8 Å². The molecular weight excluding hydrogens is 273 g/mol. The minimum atomic E-state index is -4.61. The van der Waals surface area contributed by atoms with Crippen molar-refractivity contribution in [2.75, 3.05) is 5.73 Å². The number of hydrogen-bond acceptors (Lipinski definition) is 3. The minimum Gasteiger partial charge on any atom is -0.382 e. The zero-order valence-electron chi connectivity index (χ0n) is 8.62. The summed E-state index contributed by atoms with van der Waals surface area (Å²) in [6, 6.07) is 0.566. The van der Waals surface area contributed by atoms with Gasteiger partial charge in [0.2, 0.25) is 0 Å². The molecule has 0 aliphatic carbocycles. The van der Waals surface area contributed by atoms with Gasteiger partial charge in [-0.2, -0.15) is 18.3 Å². The third-order valence-electron chi connectivity index (χ3n) is 2.21. The van der Waals surface area contributed by atoms with E-state index in [1.807, 2.05) is 0 Å². The van der Waals surface area contributed by atoms with Crippen LogP contribution >= 0.6 is 11.6 Å². The molecule has 96 valence electrons. The van der Waals surface area contributed by atoms with Crippen LogP contribution in [0.1, 0.15) is 5.56 Å². The first-order chi connectivity index (χ1) is 8.30. The van der Waals surface area contributed by atoms with Crippen LogP contribution in [0.2, 0.25) is 5.02 Å². The summed E-state index contributed by atoms with van der Waals surface area (Å²) in [6.45, 7) is 0. The van der Waals surface area contributed by atoms with Crippen molar-refractivity contribution in [3.05, 3.63) is 39.4 Å². The number of rotatable bonds is 1. The number of nitrogens with two attached hydrogens (primary N) is 1. The number of nitrogens with zero attached hydrogens (tertiary/aromatic N) is 2. The summed E-state index contributed by atoms with van der Waals surface area (Å²) in [6.07, 6.45) is -2.86. The van der Waals surface area contributed by atoms with Crippen molar-refractivity contribution in [1.82, 2.24) is 14.8 Å². The Bertz CT molecular complexity index is 646. The van der Waals surface area contributed by atoms with Crippen molar-refractivity contribution in [3.8, 4) is 5.69 Å². The molecule has 0 aliphatic heterocycles. The van der Waals surface area contributed by atoms with Gasteiger partial charge >= 0.3 is 6.18 Å². The third-order valence-corrected chi connectivity index (χ3v) is 2.48. The topological polar surface area (TPSA) is 76.7 Å². The highest BCUT2D eigenvalue weighted by Gasteiger charge is 2.32. The molecule has 0 bridgehead atoms. The van der Waals surface area contributed by atoms with Crippen molar-refractivity contribution in [2.45, 2.75) is 6.18 Å². The number of nitrogen functional groups attached to an aromatic ring is 1. The Kier molecular flexibility index (Phi) is 2.81. The predicted molar refractivity (Wildman–Crippen MR) is 58.6 cm³/mol. The van der Waals surface area contributed by atoms with Gasteiger partial charge < -0.3 is 5.73 Å². The molecule has 2 aromatic rings. The largest absolute Gasteiger partial charge is 0.417 e. The highest BCUT2D eigenvalue weighted by molar-refractivity contribution is 6.30. The zero-order chi connectivity index (χ0) is 13.5.